The Morgan fingerprint density at radius 1 is 1.17 bits per heavy atom. The highest BCUT2D eigenvalue weighted by atomic mass is 16.1. The molecule has 8 heteroatoms. The van der Waals surface area contributed by atoms with Crippen molar-refractivity contribution in [1.82, 2.24) is 25.0 Å². The maximum atomic E-state index is 11.5. The second-order valence-electron chi connectivity index (χ2n) is 8.84. The molecule has 0 aliphatic carbocycles. The number of amides is 1. The summed E-state index contributed by atoms with van der Waals surface area (Å²) in [6.07, 6.45) is 10.1. The fourth-order valence-electron chi connectivity index (χ4n) is 4.75. The van der Waals surface area contributed by atoms with E-state index in [2.05, 4.69) is 44.6 Å². The van der Waals surface area contributed by atoms with Crippen molar-refractivity contribution in [2.24, 2.45) is 11.0 Å². The quantitative estimate of drug-likeness (QED) is 0.193. The fraction of sp³-hybridized carbons (Fsp3) is 0.259. The molecule has 4 aromatic rings. The van der Waals surface area contributed by atoms with Crippen LogP contribution < -0.4 is 10.3 Å². The van der Waals surface area contributed by atoms with E-state index in [1.807, 2.05) is 59.5 Å². The number of carbonyl (C=O) groups is 1. The summed E-state index contributed by atoms with van der Waals surface area (Å²) in [7, 11) is 1.92. The van der Waals surface area contributed by atoms with Gasteiger partial charge in [-0.05, 0) is 55.3 Å². The first-order chi connectivity index (χ1) is 17.2. The van der Waals surface area contributed by atoms with E-state index in [0.29, 0.717) is 5.84 Å². The van der Waals surface area contributed by atoms with Crippen molar-refractivity contribution < 1.29 is 4.79 Å². The second-order valence-corrected chi connectivity index (χ2v) is 8.84. The average molecular weight is 468 g/mol. The van der Waals surface area contributed by atoms with Crippen LogP contribution in [0.15, 0.2) is 84.5 Å². The first-order valence-electron chi connectivity index (χ1n) is 11.9. The summed E-state index contributed by atoms with van der Waals surface area (Å²) < 4.78 is 1.86. The highest BCUT2D eigenvalue weighted by molar-refractivity contribution is 5.96. The van der Waals surface area contributed by atoms with Gasteiger partial charge in [0.05, 0.1) is 11.4 Å². The van der Waals surface area contributed by atoms with Crippen LogP contribution in [0.25, 0.3) is 16.5 Å². The molecule has 5 rings (SSSR count). The van der Waals surface area contributed by atoms with Crippen LogP contribution >= 0.6 is 0 Å². The molecule has 35 heavy (non-hydrogen) atoms. The van der Waals surface area contributed by atoms with Crippen molar-refractivity contribution in [2.45, 2.75) is 19.4 Å². The van der Waals surface area contributed by atoms with Crippen molar-refractivity contribution in [3.8, 4) is 5.69 Å². The van der Waals surface area contributed by atoms with Crippen molar-refractivity contribution in [1.29, 1.82) is 0 Å². The van der Waals surface area contributed by atoms with Crippen molar-refractivity contribution >= 4 is 28.7 Å². The molecule has 1 aliphatic rings. The van der Waals surface area contributed by atoms with Crippen LogP contribution in [0.5, 0.6) is 0 Å². The zero-order valence-corrected chi connectivity index (χ0v) is 19.8. The van der Waals surface area contributed by atoms with E-state index in [0.717, 1.165) is 61.0 Å². The molecule has 1 unspecified atom stereocenters. The number of nitrogens with zero attached hydrogens (tertiary/aromatic N) is 6. The third-order valence-corrected chi connectivity index (χ3v) is 6.47. The Labute approximate surface area is 204 Å². The van der Waals surface area contributed by atoms with Crippen molar-refractivity contribution in [3.63, 3.8) is 0 Å². The molecule has 1 amide bonds. The highest BCUT2D eigenvalue weighted by Crippen LogP contribution is 2.26. The molecule has 2 aromatic heterocycles. The van der Waals surface area contributed by atoms with Gasteiger partial charge in [-0.15, -0.1) is 0 Å². The Morgan fingerprint density at radius 3 is 2.86 bits per heavy atom. The largest absolute Gasteiger partial charge is 0.315 e. The Kier molecular flexibility index (Phi) is 6.81. The molecular formula is C27H29N7O. The van der Waals surface area contributed by atoms with Gasteiger partial charge in [0.1, 0.15) is 5.84 Å². The highest BCUT2D eigenvalue weighted by Gasteiger charge is 2.25. The number of hydrazone groups is 1. The molecular weight excluding hydrogens is 438 g/mol. The second kappa shape index (κ2) is 10.5. The number of amidine groups is 1. The Hall–Kier alpha value is -4.04. The van der Waals surface area contributed by atoms with Crippen LogP contribution in [0.4, 0.5) is 5.69 Å². The van der Waals surface area contributed by atoms with E-state index in [4.69, 9.17) is 5.10 Å². The lowest BCUT2D eigenvalue weighted by atomic mass is 9.96. The first kappa shape index (κ1) is 22.7. The van der Waals surface area contributed by atoms with Gasteiger partial charge >= 0.3 is 0 Å². The number of carbonyl (C=O) groups excluding carboxylic acids is 1. The Morgan fingerprint density at radius 2 is 2.06 bits per heavy atom. The molecule has 1 fully saturated rings. The zero-order chi connectivity index (χ0) is 24.0. The number of rotatable bonds is 7. The smallest absolute Gasteiger partial charge is 0.212 e. The summed E-state index contributed by atoms with van der Waals surface area (Å²) in [5.74, 6) is 0.851. The molecule has 3 heterocycles. The molecule has 1 aliphatic heterocycles. The van der Waals surface area contributed by atoms with Crippen molar-refractivity contribution in [3.05, 3.63) is 84.9 Å². The number of hydrogen-bond acceptors (Lipinski definition) is 6. The number of benzene rings is 2. The van der Waals surface area contributed by atoms with Gasteiger partial charge in [0.2, 0.25) is 6.41 Å². The summed E-state index contributed by atoms with van der Waals surface area (Å²) in [6, 6.07) is 18.5. The molecule has 8 nitrogen and oxygen atoms in total. The normalized spacial score (nSPS) is 16.8. The van der Waals surface area contributed by atoms with Crippen LogP contribution in [0.2, 0.25) is 0 Å². The van der Waals surface area contributed by atoms with Crippen molar-refractivity contribution in [2.75, 3.05) is 25.1 Å². The molecule has 1 atom stereocenters. The van der Waals surface area contributed by atoms with Gasteiger partial charge in [-0.25, -0.2) is 4.68 Å². The molecule has 0 saturated carbocycles. The summed E-state index contributed by atoms with van der Waals surface area (Å²) in [5, 5.41) is 16.0. The minimum absolute atomic E-state index is 0.149. The third kappa shape index (κ3) is 5.22. The van der Waals surface area contributed by atoms with Crippen LogP contribution in [0.1, 0.15) is 18.4 Å². The number of anilines is 1. The number of piperidine rings is 1. The molecule has 0 bridgehead atoms. The van der Waals surface area contributed by atoms with Gasteiger partial charge in [0.25, 0.3) is 0 Å². The van der Waals surface area contributed by atoms with E-state index in [1.165, 1.54) is 5.56 Å². The maximum absolute atomic E-state index is 11.5. The minimum Gasteiger partial charge on any atom is -0.315 e. The van der Waals surface area contributed by atoms with Crippen LogP contribution in [0.3, 0.4) is 0 Å². The zero-order valence-electron chi connectivity index (χ0n) is 19.8. The lowest BCUT2D eigenvalue weighted by Crippen LogP contribution is -2.43. The van der Waals surface area contributed by atoms with E-state index < -0.39 is 0 Å². The molecule has 2 aromatic carbocycles. The van der Waals surface area contributed by atoms with E-state index in [9.17, 15) is 4.79 Å². The summed E-state index contributed by atoms with van der Waals surface area (Å²) in [6.45, 7) is 2.72. The van der Waals surface area contributed by atoms with E-state index in [-0.39, 0.29) is 5.92 Å². The number of fused-ring (bicyclic) bond motifs is 1. The average Bonchev–Trinajstić information content (AvgIpc) is 3.44. The van der Waals surface area contributed by atoms with Gasteiger partial charge in [-0.1, -0.05) is 24.3 Å². The minimum atomic E-state index is 0.149. The van der Waals surface area contributed by atoms with Gasteiger partial charge in [0.15, 0.2) is 0 Å². The van der Waals surface area contributed by atoms with Crippen LogP contribution in [-0.4, -0.2) is 52.0 Å². The third-order valence-electron chi connectivity index (χ3n) is 6.47. The predicted molar refractivity (Wildman–Crippen MR) is 138 cm³/mol. The summed E-state index contributed by atoms with van der Waals surface area (Å²) in [5.41, 5.74) is 3.28. The number of likely N-dealkylation sites (tertiary alicyclic amines) is 1. The maximum Gasteiger partial charge on any atom is 0.212 e. The van der Waals surface area contributed by atoms with Gasteiger partial charge in [0, 0.05) is 61.6 Å². The number of nitrogens with one attached hydrogen (secondary N) is 1. The lowest BCUT2D eigenvalue weighted by molar-refractivity contribution is -0.108. The van der Waals surface area contributed by atoms with Gasteiger partial charge < -0.3 is 5.32 Å². The molecule has 1 N–H and O–H groups in total. The molecule has 178 valence electrons. The van der Waals surface area contributed by atoms with Gasteiger partial charge in [-0.2, -0.15) is 10.2 Å². The predicted octanol–water partition coefficient (Wildman–Crippen LogP) is 3.83. The number of aromatic nitrogens is 3. The lowest BCUT2D eigenvalue weighted by Gasteiger charge is -2.33. The molecule has 0 spiro atoms. The first-order valence-corrected chi connectivity index (χ1v) is 11.9. The van der Waals surface area contributed by atoms with Crippen LogP contribution in [0, 0.1) is 5.92 Å². The number of pyridine rings is 1. The SMILES string of the molecule is CN(/N=C(\NC=O)C1CCCN(Cc2ccc(-n3cccn3)cc2)C1)c1cccc2cnccc12. The molecule has 1 saturated heterocycles. The Bertz CT molecular complexity index is 1300. The topological polar surface area (TPSA) is 78.7 Å². The standard InChI is InChI=1S/C27H29N7O/c1-32(26-7-2-5-22-17-28-14-12-25(22)26)31-27(29-20-35)23-6-3-15-33(19-23)18-21-8-10-24(11-9-21)34-16-4-13-30-34/h2,4-5,7-14,16-17,20,23H,3,6,15,18-19H2,1H3,(H,29,31,35). The van der Waals surface area contributed by atoms with E-state index >= 15 is 0 Å². The Balaban J connectivity index is 1.30. The van der Waals surface area contributed by atoms with Crippen LogP contribution in [-0.2, 0) is 11.3 Å². The molecule has 0 radical (unpaired) electrons. The van der Waals surface area contributed by atoms with E-state index in [1.54, 1.807) is 12.4 Å². The number of hydrogen-bond donors (Lipinski definition) is 1. The van der Waals surface area contributed by atoms with Gasteiger partial charge in [-0.3, -0.25) is 19.7 Å². The summed E-state index contributed by atoms with van der Waals surface area (Å²) >= 11 is 0. The monoisotopic (exact) mass is 467 g/mol. The summed E-state index contributed by atoms with van der Waals surface area (Å²) in [4.78, 5) is 18.1. The fourth-order valence-corrected chi connectivity index (χ4v) is 4.75.